The fourth-order valence-corrected chi connectivity index (χ4v) is 1.62. The molecule has 2 N–H and O–H groups in total. The van der Waals surface area contributed by atoms with E-state index in [1.54, 1.807) is 7.05 Å². The highest BCUT2D eigenvalue weighted by Gasteiger charge is 2.16. The van der Waals surface area contributed by atoms with Gasteiger partial charge in [-0.15, -0.1) is 0 Å². The zero-order valence-corrected chi connectivity index (χ0v) is 8.42. The van der Waals surface area contributed by atoms with Gasteiger partial charge in [-0.2, -0.15) is 0 Å². The maximum atomic E-state index is 12.0. The van der Waals surface area contributed by atoms with Gasteiger partial charge in [0.1, 0.15) is 0 Å². The molecule has 0 aromatic heterocycles. The molecule has 14 heavy (non-hydrogen) atoms. The Hall–Kier alpha value is -0.870. The van der Waals surface area contributed by atoms with Gasteiger partial charge in [-0.25, -0.2) is 13.8 Å². The summed E-state index contributed by atoms with van der Waals surface area (Å²) in [6.07, 6.45) is 2.03. The molecule has 0 bridgehead atoms. The lowest BCUT2D eigenvalue weighted by molar-refractivity contribution is 0.123. The fraction of sp³-hybridized carbons (Fsp3) is 0.889. The summed E-state index contributed by atoms with van der Waals surface area (Å²) in [6, 6.07) is 0.245. The summed E-state index contributed by atoms with van der Waals surface area (Å²) in [7, 11) is 1.54. The van der Waals surface area contributed by atoms with Crippen molar-refractivity contribution in [3.8, 4) is 0 Å². The van der Waals surface area contributed by atoms with Crippen molar-refractivity contribution in [3.63, 3.8) is 0 Å². The zero-order chi connectivity index (χ0) is 10.6. The average Bonchev–Trinajstić information content (AvgIpc) is 2.55. The second-order valence-electron chi connectivity index (χ2n) is 3.70. The predicted octanol–water partition coefficient (Wildman–Crippen LogP) is 1.44. The fourth-order valence-electron chi connectivity index (χ4n) is 1.62. The van der Waals surface area contributed by atoms with Crippen molar-refractivity contribution in [1.29, 1.82) is 0 Å². The molecule has 0 atom stereocenters. The lowest BCUT2D eigenvalue weighted by Crippen LogP contribution is -2.38. The van der Waals surface area contributed by atoms with Gasteiger partial charge < -0.3 is 10.6 Å². The Balaban J connectivity index is 2.41. The molecule has 1 aliphatic carbocycles. The number of hydrogen-bond donors (Lipinski definition) is 1. The molecule has 0 amide bonds. The van der Waals surface area contributed by atoms with E-state index in [1.165, 1.54) is 17.7 Å². The van der Waals surface area contributed by atoms with Crippen molar-refractivity contribution in [1.82, 2.24) is 4.90 Å². The lowest BCUT2D eigenvalue weighted by atomic mass is 10.3. The van der Waals surface area contributed by atoms with Crippen LogP contribution in [0.5, 0.6) is 0 Å². The van der Waals surface area contributed by atoms with E-state index in [2.05, 4.69) is 4.99 Å². The molecule has 3 nitrogen and oxygen atoms in total. The molecule has 0 heterocycles. The minimum atomic E-state index is -2.36. The molecule has 0 radical (unpaired) electrons. The predicted molar refractivity (Wildman–Crippen MR) is 52.5 cm³/mol. The Morgan fingerprint density at radius 3 is 2.57 bits per heavy atom. The SMILES string of the molecule is CN(CC(F)F)C(N)=NC1CCCC1. The van der Waals surface area contributed by atoms with E-state index in [0.29, 0.717) is 0 Å². The quantitative estimate of drug-likeness (QED) is 0.559. The summed E-state index contributed by atoms with van der Waals surface area (Å²) in [4.78, 5) is 5.52. The van der Waals surface area contributed by atoms with Crippen LogP contribution >= 0.6 is 0 Å². The van der Waals surface area contributed by atoms with E-state index in [-0.39, 0.29) is 18.5 Å². The molecule has 0 spiro atoms. The molecule has 0 aromatic rings. The molecule has 0 saturated heterocycles. The third kappa shape index (κ3) is 3.47. The highest BCUT2D eigenvalue weighted by atomic mass is 19.3. The maximum absolute atomic E-state index is 12.0. The van der Waals surface area contributed by atoms with Crippen molar-refractivity contribution >= 4 is 5.96 Å². The van der Waals surface area contributed by atoms with Gasteiger partial charge in [-0.05, 0) is 12.8 Å². The largest absolute Gasteiger partial charge is 0.370 e. The number of rotatable bonds is 3. The smallest absolute Gasteiger partial charge is 0.255 e. The first-order valence-electron chi connectivity index (χ1n) is 4.92. The van der Waals surface area contributed by atoms with E-state index >= 15 is 0 Å². The number of alkyl halides is 2. The number of halogens is 2. The topological polar surface area (TPSA) is 41.6 Å². The van der Waals surface area contributed by atoms with Crippen molar-refractivity contribution in [2.24, 2.45) is 10.7 Å². The Kier molecular flexibility index (Phi) is 4.10. The Morgan fingerprint density at radius 2 is 2.07 bits per heavy atom. The molecular weight excluding hydrogens is 188 g/mol. The van der Waals surface area contributed by atoms with Gasteiger partial charge in [0, 0.05) is 7.05 Å². The van der Waals surface area contributed by atoms with E-state index in [4.69, 9.17) is 5.73 Å². The van der Waals surface area contributed by atoms with Gasteiger partial charge in [0.15, 0.2) is 5.96 Å². The van der Waals surface area contributed by atoms with Crippen LogP contribution in [0.2, 0.25) is 0 Å². The number of nitrogens with two attached hydrogens (primary N) is 1. The number of guanidine groups is 1. The Morgan fingerprint density at radius 1 is 1.50 bits per heavy atom. The summed E-state index contributed by atoms with van der Waals surface area (Å²) in [5, 5.41) is 0. The van der Waals surface area contributed by atoms with Crippen LogP contribution in [0.3, 0.4) is 0 Å². The van der Waals surface area contributed by atoms with Gasteiger partial charge in [-0.1, -0.05) is 12.8 Å². The van der Waals surface area contributed by atoms with Gasteiger partial charge in [0.25, 0.3) is 6.43 Å². The van der Waals surface area contributed by atoms with E-state index < -0.39 is 6.43 Å². The zero-order valence-electron chi connectivity index (χ0n) is 8.42. The van der Waals surface area contributed by atoms with Crippen molar-refractivity contribution in [2.75, 3.05) is 13.6 Å². The van der Waals surface area contributed by atoms with Crippen LogP contribution in [0.4, 0.5) is 8.78 Å². The average molecular weight is 205 g/mol. The summed E-state index contributed by atoms with van der Waals surface area (Å²) in [5.41, 5.74) is 5.59. The van der Waals surface area contributed by atoms with Crippen LogP contribution < -0.4 is 5.73 Å². The van der Waals surface area contributed by atoms with Gasteiger partial charge >= 0.3 is 0 Å². The molecule has 1 rings (SSSR count). The first kappa shape index (κ1) is 11.2. The van der Waals surface area contributed by atoms with E-state index in [0.717, 1.165) is 12.8 Å². The number of nitrogens with zero attached hydrogens (tertiary/aromatic N) is 2. The highest BCUT2D eigenvalue weighted by molar-refractivity contribution is 5.78. The van der Waals surface area contributed by atoms with Crippen molar-refractivity contribution in [2.45, 2.75) is 38.2 Å². The molecule has 5 heteroatoms. The highest BCUT2D eigenvalue weighted by Crippen LogP contribution is 2.20. The van der Waals surface area contributed by atoms with Crippen LogP contribution in [-0.4, -0.2) is 36.9 Å². The van der Waals surface area contributed by atoms with Crippen molar-refractivity contribution in [3.05, 3.63) is 0 Å². The summed E-state index contributed by atoms with van der Waals surface area (Å²) in [5.74, 6) is 0.234. The number of hydrogen-bond acceptors (Lipinski definition) is 1. The summed E-state index contributed by atoms with van der Waals surface area (Å²) < 4.78 is 24.0. The third-order valence-corrected chi connectivity index (χ3v) is 2.44. The molecule has 0 unspecified atom stereocenters. The van der Waals surface area contributed by atoms with E-state index in [1.807, 2.05) is 0 Å². The second-order valence-corrected chi connectivity index (χ2v) is 3.70. The van der Waals surface area contributed by atoms with Crippen LogP contribution in [0.1, 0.15) is 25.7 Å². The van der Waals surface area contributed by atoms with Crippen LogP contribution in [0.25, 0.3) is 0 Å². The third-order valence-electron chi connectivity index (χ3n) is 2.44. The molecule has 1 saturated carbocycles. The first-order valence-corrected chi connectivity index (χ1v) is 4.92. The molecule has 0 aromatic carbocycles. The van der Waals surface area contributed by atoms with Crippen molar-refractivity contribution < 1.29 is 8.78 Å². The molecule has 1 fully saturated rings. The van der Waals surface area contributed by atoms with Gasteiger partial charge in [0.2, 0.25) is 0 Å². The standard InChI is InChI=1S/C9H17F2N3/c1-14(6-8(10)11)9(12)13-7-4-2-3-5-7/h7-8H,2-6H2,1H3,(H2,12,13). The Labute approximate surface area is 83.0 Å². The molecule has 0 aliphatic heterocycles. The summed E-state index contributed by atoms with van der Waals surface area (Å²) in [6.45, 7) is -0.345. The Bertz CT molecular complexity index is 200. The maximum Gasteiger partial charge on any atom is 0.255 e. The molecular formula is C9H17F2N3. The first-order chi connectivity index (χ1) is 6.59. The van der Waals surface area contributed by atoms with Crippen LogP contribution in [-0.2, 0) is 0 Å². The molecule has 1 aliphatic rings. The van der Waals surface area contributed by atoms with Gasteiger partial charge in [0.05, 0.1) is 12.6 Å². The van der Waals surface area contributed by atoms with E-state index in [9.17, 15) is 8.78 Å². The minimum Gasteiger partial charge on any atom is -0.370 e. The lowest BCUT2D eigenvalue weighted by Gasteiger charge is -2.18. The number of aliphatic imine (C=N–C) groups is 1. The van der Waals surface area contributed by atoms with Crippen LogP contribution in [0.15, 0.2) is 4.99 Å². The van der Waals surface area contributed by atoms with Gasteiger partial charge in [-0.3, -0.25) is 0 Å². The normalized spacial score (nSPS) is 19.3. The van der Waals surface area contributed by atoms with Crippen LogP contribution in [0, 0.1) is 0 Å². The summed E-state index contributed by atoms with van der Waals surface area (Å²) >= 11 is 0. The second kappa shape index (κ2) is 5.12. The monoisotopic (exact) mass is 205 g/mol. The minimum absolute atomic E-state index is 0.234. The molecule has 82 valence electrons.